The quantitative estimate of drug-likeness (QED) is 0.732. The van der Waals surface area contributed by atoms with Crippen molar-refractivity contribution < 1.29 is 4.79 Å². The van der Waals surface area contributed by atoms with E-state index in [0.717, 1.165) is 31.4 Å². The first-order valence-corrected chi connectivity index (χ1v) is 6.21. The highest BCUT2D eigenvalue weighted by Gasteiger charge is 2.25. The van der Waals surface area contributed by atoms with Crippen molar-refractivity contribution in [1.29, 1.82) is 0 Å². The number of primary amides is 1. The predicted molar refractivity (Wildman–Crippen MR) is 65.1 cm³/mol. The van der Waals surface area contributed by atoms with Gasteiger partial charge in [-0.3, -0.25) is 9.89 Å². The van der Waals surface area contributed by atoms with E-state index in [2.05, 4.69) is 22.4 Å². The van der Waals surface area contributed by atoms with Crippen LogP contribution in [0.1, 0.15) is 44.3 Å². The van der Waals surface area contributed by atoms with Gasteiger partial charge in [0, 0.05) is 24.2 Å². The number of nitrogens with two attached hydrogens (primary N) is 1. The molecule has 1 atom stereocenters. The lowest BCUT2D eigenvalue weighted by Gasteiger charge is -2.29. The van der Waals surface area contributed by atoms with Gasteiger partial charge >= 0.3 is 0 Å². The molecule has 1 unspecified atom stereocenters. The van der Waals surface area contributed by atoms with Crippen molar-refractivity contribution in [3.63, 3.8) is 0 Å². The van der Waals surface area contributed by atoms with Crippen LogP contribution in [0.15, 0.2) is 12.3 Å². The Bertz CT molecular complexity index is 355. The van der Waals surface area contributed by atoms with E-state index in [0.29, 0.717) is 6.04 Å². The zero-order chi connectivity index (χ0) is 12.3. The molecule has 5 heteroatoms. The van der Waals surface area contributed by atoms with Gasteiger partial charge in [-0.15, -0.1) is 0 Å². The summed E-state index contributed by atoms with van der Waals surface area (Å²) in [7, 11) is 0. The van der Waals surface area contributed by atoms with Crippen molar-refractivity contribution in [2.24, 2.45) is 11.7 Å². The van der Waals surface area contributed by atoms with Gasteiger partial charge in [-0.2, -0.15) is 5.10 Å². The summed E-state index contributed by atoms with van der Waals surface area (Å²) in [6.45, 7) is 2.12. The number of rotatable bonds is 4. The van der Waals surface area contributed by atoms with Crippen LogP contribution in [0.25, 0.3) is 0 Å². The van der Waals surface area contributed by atoms with Crippen LogP contribution in [0, 0.1) is 5.92 Å². The van der Waals surface area contributed by atoms with Gasteiger partial charge in [-0.1, -0.05) is 0 Å². The third-order valence-electron chi connectivity index (χ3n) is 3.60. The van der Waals surface area contributed by atoms with E-state index in [1.54, 1.807) is 6.20 Å². The van der Waals surface area contributed by atoms with Crippen LogP contribution in [-0.4, -0.2) is 22.1 Å². The lowest BCUT2D eigenvalue weighted by molar-refractivity contribution is -0.122. The summed E-state index contributed by atoms with van der Waals surface area (Å²) in [4.78, 5) is 11.1. The molecule has 4 N–H and O–H groups in total. The van der Waals surface area contributed by atoms with Crippen molar-refractivity contribution in [3.8, 4) is 0 Å². The molecule has 0 radical (unpaired) electrons. The molecule has 2 rings (SSSR count). The maximum absolute atomic E-state index is 11.1. The van der Waals surface area contributed by atoms with Crippen LogP contribution < -0.4 is 11.1 Å². The number of nitrogens with one attached hydrogen (secondary N) is 2. The van der Waals surface area contributed by atoms with Gasteiger partial charge in [0.2, 0.25) is 5.91 Å². The molecule has 1 aromatic rings. The summed E-state index contributed by atoms with van der Waals surface area (Å²) in [5.41, 5.74) is 6.42. The zero-order valence-corrected chi connectivity index (χ0v) is 10.1. The van der Waals surface area contributed by atoms with Crippen LogP contribution in [-0.2, 0) is 4.79 Å². The Hall–Kier alpha value is -1.36. The molecule has 1 aromatic heterocycles. The Kier molecular flexibility index (Phi) is 3.78. The predicted octanol–water partition coefficient (Wildman–Crippen LogP) is 1.10. The number of aromatic amines is 1. The van der Waals surface area contributed by atoms with Crippen LogP contribution >= 0.6 is 0 Å². The molecule has 1 amide bonds. The molecule has 0 saturated heterocycles. The molecule has 17 heavy (non-hydrogen) atoms. The molecular weight excluding hydrogens is 216 g/mol. The van der Waals surface area contributed by atoms with Gasteiger partial charge < -0.3 is 11.1 Å². The normalized spacial score (nSPS) is 26.6. The Morgan fingerprint density at radius 1 is 1.53 bits per heavy atom. The van der Waals surface area contributed by atoms with Gasteiger partial charge in [-0.25, -0.2) is 0 Å². The van der Waals surface area contributed by atoms with Crippen molar-refractivity contribution in [2.45, 2.75) is 44.7 Å². The Morgan fingerprint density at radius 3 is 2.76 bits per heavy atom. The number of hydrogen-bond donors (Lipinski definition) is 3. The fraction of sp³-hybridized carbons (Fsp3) is 0.667. The fourth-order valence-corrected chi connectivity index (χ4v) is 2.50. The summed E-state index contributed by atoms with van der Waals surface area (Å²) in [6.07, 6.45) is 5.61. The molecule has 1 aliphatic carbocycles. The van der Waals surface area contributed by atoms with E-state index in [4.69, 9.17) is 5.73 Å². The van der Waals surface area contributed by atoms with Crippen LogP contribution in [0.5, 0.6) is 0 Å². The van der Waals surface area contributed by atoms with E-state index in [9.17, 15) is 4.79 Å². The minimum atomic E-state index is -0.148. The molecule has 0 bridgehead atoms. The summed E-state index contributed by atoms with van der Waals surface area (Å²) in [5.74, 6) is -0.0689. The summed E-state index contributed by atoms with van der Waals surface area (Å²) in [6, 6.07) is 2.73. The van der Waals surface area contributed by atoms with Gasteiger partial charge in [0.05, 0.1) is 5.69 Å². The molecule has 1 heterocycles. The van der Waals surface area contributed by atoms with Crippen molar-refractivity contribution >= 4 is 5.91 Å². The van der Waals surface area contributed by atoms with Crippen molar-refractivity contribution in [3.05, 3.63) is 18.0 Å². The van der Waals surface area contributed by atoms with E-state index in [1.807, 2.05) is 6.07 Å². The molecule has 0 aliphatic heterocycles. The average Bonchev–Trinajstić information content (AvgIpc) is 2.83. The van der Waals surface area contributed by atoms with E-state index >= 15 is 0 Å². The van der Waals surface area contributed by atoms with Crippen molar-refractivity contribution in [1.82, 2.24) is 15.5 Å². The molecule has 1 aliphatic rings. The molecule has 0 aromatic carbocycles. The first kappa shape index (κ1) is 12.1. The highest BCUT2D eigenvalue weighted by molar-refractivity contribution is 5.76. The Labute approximate surface area is 101 Å². The molecule has 94 valence electrons. The molecule has 1 saturated carbocycles. The summed E-state index contributed by atoms with van der Waals surface area (Å²) < 4.78 is 0. The second-order valence-electron chi connectivity index (χ2n) is 4.85. The van der Waals surface area contributed by atoms with Gasteiger partial charge in [0.1, 0.15) is 0 Å². The highest BCUT2D eigenvalue weighted by Crippen LogP contribution is 2.25. The minimum absolute atomic E-state index is 0.0792. The number of carbonyl (C=O) groups excluding carboxylic acids is 1. The molecule has 1 fully saturated rings. The van der Waals surface area contributed by atoms with Crippen molar-refractivity contribution in [2.75, 3.05) is 0 Å². The Balaban J connectivity index is 1.80. The third kappa shape index (κ3) is 3.06. The number of aromatic nitrogens is 2. The monoisotopic (exact) mass is 236 g/mol. The number of nitrogens with zero attached hydrogens (tertiary/aromatic N) is 1. The van der Waals surface area contributed by atoms with Crippen LogP contribution in [0.3, 0.4) is 0 Å². The maximum Gasteiger partial charge on any atom is 0.220 e. The summed E-state index contributed by atoms with van der Waals surface area (Å²) >= 11 is 0. The molecule has 0 spiro atoms. The van der Waals surface area contributed by atoms with Crippen LogP contribution in [0.4, 0.5) is 0 Å². The van der Waals surface area contributed by atoms with Gasteiger partial charge in [0.15, 0.2) is 0 Å². The average molecular weight is 236 g/mol. The zero-order valence-electron chi connectivity index (χ0n) is 10.1. The lowest BCUT2D eigenvalue weighted by atomic mass is 9.85. The largest absolute Gasteiger partial charge is 0.369 e. The third-order valence-corrected chi connectivity index (χ3v) is 3.60. The minimum Gasteiger partial charge on any atom is -0.369 e. The van der Waals surface area contributed by atoms with E-state index in [1.165, 1.54) is 0 Å². The maximum atomic E-state index is 11.1. The highest BCUT2D eigenvalue weighted by atomic mass is 16.1. The van der Waals surface area contributed by atoms with Gasteiger partial charge in [0.25, 0.3) is 0 Å². The first-order chi connectivity index (χ1) is 8.16. The lowest BCUT2D eigenvalue weighted by Crippen LogP contribution is -2.37. The standard InChI is InChI=1S/C12H20N4O/c1-8(11-6-7-14-16-11)15-10-4-2-9(3-5-10)12(13)17/h6-10,15H,2-5H2,1H3,(H2,13,17)(H,14,16). The van der Waals surface area contributed by atoms with Gasteiger partial charge in [-0.05, 0) is 38.7 Å². The second-order valence-corrected chi connectivity index (χ2v) is 4.85. The first-order valence-electron chi connectivity index (χ1n) is 6.21. The Morgan fingerprint density at radius 2 is 2.24 bits per heavy atom. The number of hydrogen-bond acceptors (Lipinski definition) is 3. The summed E-state index contributed by atoms with van der Waals surface area (Å²) in [5, 5.41) is 10.5. The second kappa shape index (κ2) is 5.31. The fourth-order valence-electron chi connectivity index (χ4n) is 2.50. The number of amides is 1. The number of carbonyl (C=O) groups is 1. The smallest absolute Gasteiger partial charge is 0.220 e. The van der Waals surface area contributed by atoms with E-state index < -0.39 is 0 Å². The molecular formula is C12H20N4O. The van der Waals surface area contributed by atoms with Crippen LogP contribution in [0.2, 0.25) is 0 Å². The topological polar surface area (TPSA) is 83.8 Å². The van der Waals surface area contributed by atoms with E-state index in [-0.39, 0.29) is 17.9 Å². The number of H-pyrrole nitrogens is 1. The SMILES string of the molecule is CC(NC1CCC(C(N)=O)CC1)c1ccn[nH]1. The molecule has 5 nitrogen and oxygen atoms in total.